The average Bonchev–Trinajstić information content (AvgIpc) is 3.75. The molecule has 0 aliphatic carbocycles. The standard InChI is InChI=1S/C34H42BrN11O5/c1-19(47)43-29(15-23-17-39-18-42-23)33(51)46-28(13-20-8-10-22(35)11-9-20)32(50)44-26(7-4-12-40-34(37)38)31(49)45-27(30(36)48)14-21-16-41-25-6-3-2-5-24(21)25/h2-3,5-6,8-11,16-18,26-29,41H,4,7,12-15H2,1H3,(H2,36,48)(H,39,42)(H,43,47)(H,44,50)(H,45,49)(H,46,51)(H4,37,38,40)/t26-,27-,28+,29-/m0/s1. The van der Waals surface area contributed by atoms with Gasteiger partial charge in [0.2, 0.25) is 29.5 Å². The highest BCUT2D eigenvalue weighted by Crippen LogP contribution is 2.19. The molecule has 4 atom stereocenters. The molecule has 0 bridgehead atoms. The maximum absolute atomic E-state index is 14.0. The maximum atomic E-state index is 14.0. The topological polar surface area (TPSA) is 268 Å². The summed E-state index contributed by atoms with van der Waals surface area (Å²) in [5, 5.41) is 11.7. The van der Waals surface area contributed by atoms with Crippen LogP contribution in [0.3, 0.4) is 0 Å². The van der Waals surface area contributed by atoms with E-state index in [-0.39, 0.29) is 38.2 Å². The number of rotatable bonds is 18. The Morgan fingerprint density at radius 1 is 0.804 bits per heavy atom. The molecule has 4 rings (SSSR count). The first-order valence-electron chi connectivity index (χ1n) is 16.2. The van der Waals surface area contributed by atoms with Crippen molar-refractivity contribution in [2.45, 2.75) is 63.2 Å². The summed E-state index contributed by atoms with van der Waals surface area (Å²) in [5.74, 6) is -3.31. The fourth-order valence-electron chi connectivity index (χ4n) is 5.47. The average molecular weight is 765 g/mol. The third-order valence-electron chi connectivity index (χ3n) is 8.00. The highest BCUT2D eigenvalue weighted by Gasteiger charge is 2.31. The van der Waals surface area contributed by atoms with E-state index in [1.54, 1.807) is 30.5 Å². The number of hydrogen-bond acceptors (Lipinski definition) is 7. The third-order valence-corrected chi connectivity index (χ3v) is 8.52. The van der Waals surface area contributed by atoms with Gasteiger partial charge < -0.3 is 48.4 Å². The van der Waals surface area contributed by atoms with Crippen LogP contribution in [0.15, 0.2) is 76.7 Å². The minimum atomic E-state index is -1.18. The molecule has 270 valence electrons. The van der Waals surface area contributed by atoms with Gasteiger partial charge in [0.15, 0.2) is 5.96 Å². The largest absolute Gasteiger partial charge is 0.370 e. The number of H-pyrrole nitrogens is 2. The van der Waals surface area contributed by atoms with Gasteiger partial charge >= 0.3 is 0 Å². The van der Waals surface area contributed by atoms with Gasteiger partial charge in [-0.1, -0.05) is 46.3 Å². The summed E-state index contributed by atoms with van der Waals surface area (Å²) in [4.78, 5) is 79.9. The number of primary amides is 1. The van der Waals surface area contributed by atoms with Gasteiger partial charge in [0.25, 0.3) is 0 Å². The van der Waals surface area contributed by atoms with Crippen molar-refractivity contribution in [3.05, 3.63) is 88.5 Å². The Morgan fingerprint density at radius 2 is 1.45 bits per heavy atom. The number of fused-ring (bicyclic) bond motifs is 1. The molecule has 0 aliphatic heterocycles. The van der Waals surface area contributed by atoms with Crippen LogP contribution in [0, 0.1) is 0 Å². The van der Waals surface area contributed by atoms with Gasteiger partial charge in [-0.05, 0) is 42.2 Å². The molecule has 2 heterocycles. The first-order valence-corrected chi connectivity index (χ1v) is 17.0. The lowest BCUT2D eigenvalue weighted by Crippen LogP contribution is -2.59. The zero-order chi connectivity index (χ0) is 36.9. The summed E-state index contributed by atoms with van der Waals surface area (Å²) in [6, 6.07) is 10.2. The Morgan fingerprint density at radius 3 is 2.10 bits per heavy atom. The van der Waals surface area contributed by atoms with Crippen LogP contribution >= 0.6 is 15.9 Å². The molecule has 12 N–H and O–H groups in total. The highest BCUT2D eigenvalue weighted by atomic mass is 79.9. The van der Waals surface area contributed by atoms with Crippen molar-refractivity contribution in [1.82, 2.24) is 36.2 Å². The number of amides is 5. The third kappa shape index (κ3) is 11.7. The Balaban J connectivity index is 1.57. The minimum absolute atomic E-state index is 0.0501. The first kappa shape index (κ1) is 38.1. The van der Waals surface area contributed by atoms with E-state index < -0.39 is 53.7 Å². The fraction of sp³-hybridized carbons (Fsp3) is 0.324. The summed E-state index contributed by atoms with van der Waals surface area (Å²) in [6.07, 6.45) is 5.33. The Bertz CT molecular complexity index is 1840. The number of guanidine groups is 1. The van der Waals surface area contributed by atoms with Gasteiger partial charge in [-0.15, -0.1) is 0 Å². The Labute approximate surface area is 302 Å². The molecule has 0 saturated carbocycles. The molecule has 17 heteroatoms. The molecule has 0 fully saturated rings. The second kappa shape index (κ2) is 18.3. The van der Waals surface area contributed by atoms with Crippen LogP contribution in [0.1, 0.15) is 36.6 Å². The zero-order valence-corrected chi connectivity index (χ0v) is 29.5. The van der Waals surface area contributed by atoms with E-state index in [2.05, 4.69) is 57.1 Å². The Hall–Kier alpha value is -5.71. The van der Waals surface area contributed by atoms with E-state index in [0.29, 0.717) is 17.7 Å². The molecule has 0 radical (unpaired) electrons. The predicted octanol–water partition coefficient (Wildman–Crippen LogP) is 0.179. The number of aromatic nitrogens is 3. The number of carbonyl (C=O) groups excluding carboxylic acids is 5. The molecular formula is C34H42BrN11O5. The van der Waals surface area contributed by atoms with Crippen LogP contribution in [0.4, 0.5) is 0 Å². The van der Waals surface area contributed by atoms with Gasteiger partial charge in [-0.25, -0.2) is 4.98 Å². The summed E-state index contributed by atoms with van der Waals surface area (Å²) >= 11 is 3.40. The van der Waals surface area contributed by atoms with E-state index >= 15 is 0 Å². The van der Waals surface area contributed by atoms with Crippen molar-refractivity contribution in [1.29, 1.82) is 0 Å². The number of aliphatic imine (C=N–C) groups is 1. The normalized spacial score (nSPS) is 13.3. The number of aromatic amines is 2. The number of carbonyl (C=O) groups is 5. The van der Waals surface area contributed by atoms with Crippen LogP contribution in [-0.2, 0) is 43.2 Å². The van der Waals surface area contributed by atoms with Crippen LogP contribution in [0.5, 0.6) is 0 Å². The molecular weight excluding hydrogens is 722 g/mol. The molecule has 0 aliphatic rings. The molecule has 4 aromatic rings. The summed E-state index contributed by atoms with van der Waals surface area (Å²) in [5.41, 5.74) is 19.6. The second-order valence-electron chi connectivity index (χ2n) is 12.0. The van der Waals surface area contributed by atoms with Crippen molar-refractivity contribution < 1.29 is 24.0 Å². The molecule has 0 unspecified atom stereocenters. The van der Waals surface area contributed by atoms with E-state index in [1.807, 2.05) is 24.3 Å². The molecule has 51 heavy (non-hydrogen) atoms. The number of para-hydroxylation sites is 1. The predicted molar refractivity (Wildman–Crippen MR) is 195 cm³/mol. The lowest BCUT2D eigenvalue weighted by Gasteiger charge is -2.26. The Kier molecular flexibility index (Phi) is 13.7. The number of imidazole rings is 1. The number of hydrogen-bond donors (Lipinski definition) is 9. The van der Waals surface area contributed by atoms with Crippen LogP contribution in [0.25, 0.3) is 10.9 Å². The molecule has 16 nitrogen and oxygen atoms in total. The van der Waals surface area contributed by atoms with E-state index in [0.717, 1.165) is 20.9 Å². The van der Waals surface area contributed by atoms with Gasteiger partial charge in [0.1, 0.15) is 24.2 Å². The zero-order valence-electron chi connectivity index (χ0n) is 27.9. The summed E-state index contributed by atoms with van der Waals surface area (Å²) in [7, 11) is 0. The van der Waals surface area contributed by atoms with Crippen molar-refractivity contribution >= 4 is 62.3 Å². The number of halogens is 1. The molecule has 2 aromatic carbocycles. The first-order chi connectivity index (χ1) is 24.4. The van der Waals surface area contributed by atoms with E-state index in [1.165, 1.54) is 19.4 Å². The van der Waals surface area contributed by atoms with Crippen molar-refractivity contribution in [3.8, 4) is 0 Å². The van der Waals surface area contributed by atoms with Crippen LogP contribution in [-0.4, -0.2) is 81.2 Å². The van der Waals surface area contributed by atoms with Crippen LogP contribution in [0.2, 0.25) is 0 Å². The van der Waals surface area contributed by atoms with Crippen LogP contribution < -0.4 is 38.5 Å². The molecule has 0 spiro atoms. The highest BCUT2D eigenvalue weighted by molar-refractivity contribution is 9.10. The van der Waals surface area contributed by atoms with E-state index in [9.17, 15) is 24.0 Å². The van der Waals surface area contributed by atoms with Gasteiger partial charge in [0, 0.05) is 66.2 Å². The maximum Gasteiger partial charge on any atom is 0.243 e. The molecule has 5 amide bonds. The van der Waals surface area contributed by atoms with Gasteiger partial charge in [-0.3, -0.25) is 29.0 Å². The van der Waals surface area contributed by atoms with E-state index in [4.69, 9.17) is 17.2 Å². The smallest absolute Gasteiger partial charge is 0.243 e. The minimum Gasteiger partial charge on any atom is -0.370 e. The number of nitrogens with zero attached hydrogens (tertiary/aromatic N) is 2. The summed E-state index contributed by atoms with van der Waals surface area (Å²) in [6.45, 7) is 1.45. The van der Waals surface area contributed by atoms with Gasteiger partial charge in [0.05, 0.1) is 6.33 Å². The van der Waals surface area contributed by atoms with Crippen molar-refractivity contribution in [2.24, 2.45) is 22.2 Å². The quantitative estimate of drug-likeness (QED) is 0.0382. The lowest BCUT2D eigenvalue weighted by molar-refractivity contribution is -0.134. The molecule has 2 aromatic heterocycles. The second-order valence-corrected chi connectivity index (χ2v) is 12.9. The van der Waals surface area contributed by atoms with Crippen molar-refractivity contribution in [3.63, 3.8) is 0 Å². The van der Waals surface area contributed by atoms with Crippen molar-refractivity contribution in [2.75, 3.05) is 6.54 Å². The summed E-state index contributed by atoms with van der Waals surface area (Å²) < 4.78 is 0.815. The fourth-order valence-corrected chi connectivity index (χ4v) is 5.73. The number of nitrogens with one attached hydrogen (secondary N) is 6. The SMILES string of the molecule is CC(=O)N[C@@H](Cc1cnc[nH]1)C(=O)N[C@H](Cc1ccc(Br)cc1)C(=O)N[C@@H](CCCN=C(N)N)C(=O)N[C@@H](Cc1c[nH]c2ccccc12)C(N)=O. The monoisotopic (exact) mass is 763 g/mol. The lowest BCUT2D eigenvalue weighted by atomic mass is 10.0. The number of nitrogens with two attached hydrogens (primary N) is 3. The number of benzene rings is 2. The van der Waals surface area contributed by atoms with Gasteiger partial charge in [-0.2, -0.15) is 0 Å². The molecule has 0 saturated heterocycles.